The van der Waals surface area contributed by atoms with E-state index < -0.39 is 60.4 Å². The lowest BCUT2D eigenvalue weighted by Gasteiger charge is -2.27. The Hall–Kier alpha value is -7.17. The van der Waals surface area contributed by atoms with Crippen molar-refractivity contribution in [1.82, 2.24) is 15.0 Å². The molecule has 0 bridgehead atoms. The summed E-state index contributed by atoms with van der Waals surface area (Å²) in [7, 11) is 0. The molecule has 0 unspecified atom stereocenters. The summed E-state index contributed by atoms with van der Waals surface area (Å²) < 4.78 is 86.1. The summed E-state index contributed by atoms with van der Waals surface area (Å²) >= 11 is 0. The molecule has 0 fully saturated rings. The first-order valence-corrected chi connectivity index (χ1v) is 17.0. The van der Waals surface area contributed by atoms with Crippen LogP contribution in [0.5, 0.6) is 0 Å². The van der Waals surface area contributed by atoms with E-state index in [4.69, 9.17) is 23.7 Å². The van der Waals surface area contributed by atoms with Crippen molar-refractivity contribution in [3.05, 3.63) is 194 Å². The molecule has 8 aromatic carbocycles. The largest absolute Gasteiger partial charge is 0.310 e. The number of nitrogens with zero attached hydrogens (tertiary/aromatic N) is 4. The van der Waals surface area contributed by atoms with Crippen LogP contribution in [0.2, 0.25) is 0 Å². The van der Waals surface area contributed by atoms with Crippen molar-refractivity contribution in [2.45, 2.75) is 0 Å². The molecule has 9 aromatic rings. The van der Waals surface area contributed by atoms with Gasteiger partial charge in [-0.05, 0) is 75.0 Å². The molecule has 1 heterocycles. The molecule has 0 atom stereocenters. The highest BCUT2D eigenvalue weighted by Gasteiger charge is 2.29. The molecule has 1 aliphatic rings. The number of benzene rings is 8. The van der Waals surface area contributed by atoms with Gasteiger partial charge in [0.2, 0.25) is 0 Å². The number of anilines is 3. The average molecular weight is 687 g/mol. The molecule has 1 aromatic heterocycles. The standard InChI is InChI=1S/C49H32N4/c1-5-15-33(16-6-1)34-27-29-39(30-28-34)53(38-23-11-4-12-24-38)40-31-43-41-25-13-21-35-22-14-26-42(45(35)41)46(43)44(32-40)49-51-47(36-17-7-2-8-18-36)50-48(52-49)37-19-9-3-10-20-37/h1-32H/i2D,3D,7D,8D,9D,10D,17D,18D,19D,20D. The normalized spacial score (nSPS) is 14.0. The Bertz CT molecular complexity index is 3200. The Balaban J connectivity index is 1.30. The summed E-state index contributed by atoms with van der Waals surface area (Å²) in [6.45, 7) is 0. The Morgan fingerprint density at radius 1 is 0.377 bits per heavy atom. The monoisotopic (exact) mass is 686 g/mol. The Morgan fingerprint density at radius 3 is 1.55 bits per heavy atom. The van der Waals surface area contributed by atoms with Gasteiger partial charge in [0, 0.05) is 39.3 Å². The molecule has 0 spiro atoms. The lowest BCUT2D eigenvalue weighted by Crippen LogP contribution is -2.11. The van der Waals surface area contributed by atoms with E-state index in [9.17, 15) is 0 Å². The lowest BCUT2D eigenvalue weighted by molar-refractivity contribution is 1.07. The minimum atomic E-state index is -0.612. The van der Waals surface area contributed by atoms with Crippen LogP contribution in [0.25, 0.3) is 78.3 Å². The van der Waals surface area contributed by atoms with Gasteiger partial charge in [-0.1, -0.05) is 157 Å². The molecule has 0 N–H and O–H groups in total. The number of hydrogen-bond acceptors (Lipinski definition) is 4. The zero-order valence-electron chi connectivity index (χ0n) is 38.0. The first-order chi connectivity index (χ1) is 30.4. The fourth-order valence-corrected chi connectivity index (χ4v) is 7.11. The highest BCUT2D eigenvalue weighted by Crippen LogP contribution is 2.53. The number of rotatable bonds is 7. The molecule has 10 rings (SSSR count). The number of fused-ring (bicyclic) bond motifs is 3. The smallest absolute Gasteiger partial charge is 0.164 e. The van der Waals surface area contributed by atoms with Crippen molar-refractivity contribution in [2.24, 2.45) is 0 Å². The second kappa shape index (κ2) is 12.9. The summed E-state index contributed by atoms with van der Waals surface area (Å²) in [5.41, 5.74) is 7.76. The fourth-order valence-electron chi connectivity index (χ4n) is 7.11. The maximum atomic E-state index is 8.90. The fraction of sp³-hybridized carbons (Fsp3) is 0. The predicted molar refractivity (Wildman–Crippen MR) is 218 cm³/mol. The van der Waals surface area contributed by atoms with E-state index in [0.717, 1.165) is 55.5 Å². The van der Waals surface area contributed by atoms with E-state index in [0.29, 0.717) is 11.3 Å². The molecule has 0 radical (unpaired) electrons. The van der Waals surface area contributed by atoms with Crippen LogP contribution >= 0.6 is 0 Å². The first kappa shape index (κ1) is 21.9. The van der Waals surface area contributed by atoms with Crippen molar-refractivity contribution in [2.75, 3.05) is 4.90 Å². The van der Waals surface area contributed by atoms with E-state index in [2.05, 4.69) is 46.3 Å². The second-order valence-electron chi connectivity index (χ2n) is 12.5. The Morgan fingerprint density at radius 2 is 0.906 bits per heavy atom. The van der Waals surface area contributed by atoms with Crippen molar-refractivity contribution in [3.8, 4) is 67.5 Å². The molecular formula is C49H32N4. The maximum Gasteiger partial charge on any atom is 0.164 e. The maximum absolute atomic E-state index is 8.90. The molecule has 0 amide bonds. The van der Waals surface area contributed by atoms with Crippen LogP contribution in [-0.2, 0) is 0 Å². The van der Waals surface area contributed by atoms with Crippen molar-refractivity contribution in [1.29, 1.82) is 0 Å². The molecule has 248 valence electrons. The summed E-state index contributed by atoms with van der Waals surface area (Å²) in [5.74, 6) is -0.671. The summed E-state index contributed by atoms with van der Waals surface area (Å²) in [4.78, 5) is 16.4. The topological polar surface area (TPSA) is 41.9 Å². The minimum Gasteiger partial charge on any atom is -0.310 e. The van der Waals surface area contributed by atoms with Gasteiger partial charge in [0.05, 0.1) is 13.7 Å². The highest BCUT2D eigenvalue weighted by molar-refractivity contribution is 6.18. The van der Waals surface area contributed by atoms with Gasteiger partial charge in [0.25, 0.3) is 0 Å². The molecule has 53 heavy (non-hydrogen) atoms. The summed E-state index contributed by atoms with van der Waals surface area (Å²) in [6.07, 6.45) is 0. The van der Waals surface area contributed by atoms with Gasteiger partial charge < -0.3 is 4.90 Å². The van der Waals surface area contributed by atoms with Crippen LogP contribution in [0.4, 0.5) is 17.1 Å². The van der Waals surface area contributed by atoms with Crippen molar-refractivity contribution >= 4 is 27.8 Å². The van der Waals surface area contributed by atoms with Crippen LogP contribution in [-0.4, -0.2) is 15.0 Å². The molecule has 0 saturated carbocycles. The minimum absolute atomic E-state index is 0.0102. The van der Waals surface area contributed by atoms with Crippen LogP contribution in [0.3, 0.4) is 0 Å². The Labute approximate surface area is 322 Å². The zero-order chi connectivity index (χ0) is 43.8. The van der Waals surface area contributed by atoms with Gasteiger partial charge in [-0.3, -0.25) is 0 Å². The van der Waals surface area contributed by atoms with E-state index >= 15 is 0 Å². The van der Waals surface area contributed by atoms with E-state index in [1.165, 1.54) is 0 Å². The SMILES string of the molecule is [2H]c1c([2H])c([2H])c(-c2nc(-c3cc(N(c4ccccc4)c4ccc(-c5ccccc5)cc4)cc4c3-c3cccc5cccc-4c35)nc(-c3c([2H])c([2H])c([2H])c([2H])c3[2H])n2)c([2H])c1[2H]. The van der Waals surface area contributed by atoms with Crippen molar-refractivity contribution < 1.29 is 13.7 Å². The van der Waals surface area contributed by atoms with E-state index in [1.807, 2.05) is 97.1 Å². The molecule has 1 aliphatic carbocycles. The van der Waals surface area contributed by atoms with Crippen LogP contribution < -0.4 is 4.90 Å². The van der Waals surface area contributed by atoms with Gasteiger partial charge in [0.15, 0.2) is 17.5 Å². The van der Waals surface area contributed by atoms with E-state index in [1.54, 1.807) is 0 Å². The van der Waals surface area contributed by atoms with Crippen LogP contribution in [0.15, 0.2) is 194 Å². The van der Waals surface area contributed by atoms with Crippen LogP contribution in [0.1, 0.15) is 13.7 Å². The van der Waals surface area contributed by atoms with Crippen molar-refractivity contribution in [3.63, 3.8) is 0 Å². The Kier molecular flexibility index (Phi) is 5.32. The van der Waals surface area contributed by atoms with Crippen LogP contribution in [0, 0.1) is 0 Å². The highest BCUT2D eigenvalue weighted by atomic mass is 15.1. The lowest BCUT2D eigenvalue weighted by atomic mass is 9.95. The van der Waals surface area contributed by atoms with E-state index in [-0.39, 0.29) is 28.6 Å². The molecule has 0 aliphatic heterocycles. The first-order valence-electron chi connectivity index (χ1n) is 22.0. The second-order valence-corrected chi connectivity index (χ2v) is 12.5. The molecule has 0 saturated heterocycles. The molecule has 4 heteroatoms. The molecule has 4 nitrogen and oxygen atoms in total. The van der Waals surface area contributed by atoms with Gasteiger partial charge in [0.1, 0.15) is 0 Å². The van der Waals surface area contributed by atoms with Gasteiger partial charge >= 0.3 is 0 Å². The number of aromatic nitrogens is 3. The summed E-state index contributed by atoms with van der Waals surface area (Å²) in [5, 5.41) is 2.00. The third-order valence-electron chi connectivity index (χ3n) is 9.42. The quantitative estimate of drug-likeness (QED) is 0.167. The zero-order valence-corrected chi connectivity index (χ0v) is 28.0. The number of hydrogen-bond donors (Lipinski definition) is 0. The third-order valence-corrected chi connectivity index (χ3v) is 9.42. The predicted octanol–water partition coefficient (Wildman–Crippen LogP) is 12.8. The molecular weight excluding hydrogens is 645 g/mol. The van der Waals surface area contributed by atoms with Gasteiger partial charge in [-0.2, -0.15) is 0 Å². The summed E-state index contributed by atoms with van der Waals surface area (Å²) in [6, 6.07) is 38.3. The van der Waals surface area contributed by atoms with Gasteiger partial charge in [-0.25, -0.2) is 15.0 Å². The number of para-hydroxylation sites is 1. The average Bonchev–Trinajstić information content (AvgIpc) is 3.64. The van der Waals surface area contributed by atoms with Gasteiger partial charge in [-0.15, -0.1) is 0 Å². The third kappa shape index (κ3) is 5.45.